The van der Waals surface area contributed by atoms with Crippen molar-refractivity contribution in [3.63, 3.8) is 0 Å². The largest absolute Gasteiger partial charge is 0.457 e. The van der Waals surface area contributed by atoms with Gasteiger partial charge in [-0.05, 0) is 105 Å². The van der Waals surface area contributed by atoms with E-state index in [9.17, 15) is 0 Å². The predicted molar refractivity (Wildman–Crippen MR) is 265 cm³/mol. The Balaban J connectivity index is 1.13. The zero-order valence-electron chi connectivity index (χ0n) is 38.6. The highest BCUT2D eigenvalue weighted by atomic mass is 16.5. The van der Waals surface area contributed by atoms with Crippen LogP contribution in [0.4, 0.5) is 11.4 Å². The molecule has 0 aliphatic carbocycles. The quantitative estimate of drug-likeness (QED) is 0.145. The average molecular weight is 829 g/mol. The van der Waals surface area contributed by atoms with E-state index in [4.69, 9.17) is 9.72 Å². The van der Waals surface area contributed by atoms with Crippen molar-refractivity contribution in [2.75, 3.05) is 16.5 Å². The van der Waals surface area contributed by atoms with Crippen molar-refractivity contribution in [3.05, 3.63) is 204 Å². The third kappa shape index (κ3) is 8.02. The van der Waals surface area contributed by atoms with Crippen LogP contribution in [0, 0.1) is 0 Å². The molecule has 3 heterocycles. The molecule has 5 heteroatoms. The maximum Gasteiger partial charge on any atom is 0.137 e. The van der Waals surface area contributed by atoms with E-state index in [-0.39, 0.29) is 21.7 Å². The van der Waals surface area contributed by atoms with Gasteiger partial charge in [0.05, 0.1) is 17.7 Å². The molecule has 6 aromatic carbocycles. The number of nitrogens with zero attached hydrogens (tertiary/aromatic N) is 4. The summed E-state index contributed by atoms with van der Waals surface area (Å²) in [6.07, 6.45) is 6.30. The molecule has 5 nitrogen and oxygen atoms in total. The first-order valence-corrected chi connectivity index (χ1v) is 22.3. The Morgan fingerprint density at radius 1 is 0.429 bits per heavy atom. The van der Waals surface area contributed by atoms with E-state index in [1.165, 1.54) is 44.5 Å². The zero-order chi connectivity index (χ0) is 44.3. The lowest BCUT2D eigenvalue weighted by atomic mass is 9.78. The van der Waals surface area contributed by atoms with Crippen LogP contribution in [0.3, 0.4) is 0 Å². The molecule has 0 radical (unpaired) electrons. The van der Waals surface area contributed by atoms with Crippen molar-refractivity contribution in [1.82, 2.24) is 9.55 Å². The Labute approximate surface area is 374 Å². The number of hydrogen-bond donors (Lipinski definition) is 0. The fourth-order valence-electron chi connectivity index (χ4n) is 8.96. The van der Waals surface area contributed by atoms with Crippen molar-refractivity contribution in [1.29, 1.82) is 0 Å². The SMILES string of the molecule is CC(C)(C)c1cccc(N2C=CN(c3cc(Oc4ccc5c6cc(C(C)(C)c7ccccc7)ccc6n(-c6cc(C(C)(C)c7ccccc7)ccn6)c5c4)cc(C(C)(C)C)c3)C2)c1. The van der Waals surface area contributed by atoms with Gasteiger partial charge in [0.15, 0.2) is 0 Å². The van der Waals surface area contributed by atoms with Crippen molar-refractivity contribution in [2.45, 2.75) is 90.9 Å². The van der Waals surface area contributed by atoms with Crippen LogP contribution >= 0.6 is 0 Å². The molecule has 0 N–H and O–H groups in total. The fourth-order valence-corrected chi connectivity index (χ4v) is 8.96. The van der Waals surface area contributed by atoms with Crippen molar-refractivity contribution >= 4 is 33.2 Å². The summed E-state index contributed by atoms with van der Waals surface area (Å²) >= 11 is 0. The van der Waals surface area contributed by atoms with Gasteiger partial charge in [0.1, 0.15) is 17.3 Å². The standard InChI is InChI=1S/C58H60N4O/c1-55(2,3)42-22-17-23-46(32-42)60-30-31-61(39-60)47-33-45(56(4,5)6)34-49(37-47)63-48-25-26-50-51-35-43(57(7,8)40-18-13-11-14-19-40)24-27-52(51)62(53(50)38-48)54-36-44(28-29-59-54)58(9,10)41-20-15-12-16-21-41/h11-38H,39H2,1-10H3. The summed E-state index contributed by atoms with van der Waals surface area (Å²) in [5.74, 6) is 2.45. The lowest BCUT2D eigenvalue weighted by Crippen LogP contribution is -2.25. The number of anilines is 2. The number of hydrogen-bond acceptors (Lipinski definition) is 4. The molecule has 2 aromatic heterocycles. The molecule has 0 amide bonds. The summed E-state index contributed by atoms with van der Waals surface area (Å²) in [6.45, 7) is 23.5. The molecule has 0 bridgehead atoms. The highest BCUT2D eigenvalue weighted by Gasteiger charge is 2.28. The third-order valence-electron chi connectivity index (χ3n) is 13.2. The maximum atomic E-state index is 6.95. The molecule has 0 fully saturated rings. The highest BCUT2D eigenvalue weighted by molar-refractivity contribution is 6.10. The van der Waals surface area contributed by atoms with Crippen LogP contribution in [0.1, 0.15) is 103 Å². The van der Waals surface area contributed by atoms with Gasteiger partial charge in [-0.1, -0.05) is 148 Å². The minimum Gasteiger partial charge on any atom is -0.457 e. The van der Waals surface area contributed by atoms with Gasteiger partial charge in [-0.2, -0.15) is 0 Å². The molecular formula is C58H60N4O. The lowest BCUT2D eigenvalue weighted by molar-refractivity contribution is 0.479. The summed E-state index contributed by atoms with van der Waals surface area (Å²) in [5.41, 5.74) is 11.5. The van der Waals surface area contributed by atoms with Crippen LogP contribution < -0.4 is 14.5 Å². The molecule has 63 heavy (non-hydrogen) atoms. The van der Waals surface area contributed by atoms with Crippen molar-refractivity contribution in [2.24, 2.45) is 0 Å². The molecule has 1 aliphatic rings. The van der Waals surface area contributed by atoms with Crippen LogP contribution in [0.15, 0.2) is 170 Å². The van der Waals surface area contributed by atoms with Gasteiger partial charge in [0.2, 0.25) is 0 Å². The molecular weight excluding hydrogens is 769 g/mol. The Bertz CT molecular complexity index is 2980. The van der Waals surface area contributed by atoms with Crippen LogP contribution in [-0.4, -0.2) is 16.2 Å². The summed E-state index contributed by atoms with van der Waals surface area (Å²) in [4.78, 5) is 9.68. The van der Waals surface area contributed by atoms with Gasteiger partial charge in [-0.15, -0.1) is 0 Å². The summed E-state index contributed by atoms with van der Waals surface area (Å²) < 4.78 is 9.26. The minimum atomic E-state index is -0.230. The van der Waals surface area contributed by atoms with E-state index < -0.39 is 0 Å². The second-order valence-corrected chi connectivity index (χ2v) is 20.4. The Morgan fingerprint density at radius 2 is 1.03 bits per heavy atom. The predicted octanol–water partition coefficient (Wildman–Crippen LogP) is 15.0. The van der Waals surface area contributed by atoms with Gasteiger partial charge in [0.25, 0.3) is 0 Å². The van der Waals surface area contributed by atoms with Crippen LogP contribution in [0.5, 0.6) is 11.5 Å². The molecule has 0 spiro atoms. The molecule has 0 atom stereocenters. The third-order valence-corrected chi connectivity index (χ3v) is 13.2. The van der Waals surface area contributed by atoms with Crippen molar-refractivity contribution < 1.29 is 4.74 Å². The number of fused-ring (bicyclic) bond motifs is 3. The highest BCUT2D eigenvalue weighted by Crippen LogP contribution is 2.42. The number of ether oxygens (including phenoxy) is 1. The van der Waals surface area contributed by atoms with E-state index in [0.717, 1.165) is 39.4 Å². The Morgan fingerprint density at radius 3 is 1.68 bits per heavy atom. The topological polar surface area (TPSA) is 33.5 Å². The van der Waals surface area contributed by atoms with Gasteiger partial charge in [0, 0.05) is 63.7 Å². The van der Waals surface area contributed by atoms with E-state index in [0.29, 0.717) is 6.67 Å². The molecule has 8 aromatic rings. The minimum absolute atomic E-state index is 0.0752. The lowest BCUT2D eigenvalue weighted by Gasteiger charge is -2.27. The molecule has 318 valence electrons. The number of rotatable bonds is 9. The normalized spacial score (nSPS) is 13.7. The first kappa shape index (κ1) is 41.7. The van der Waals surface area contributed by atoms with Gasteiger partial charge in [-0.25, -0.2) is 4.98 Å². The van der Waals surface area contributed by atoms with Crippen LogP contribution in [0.25, 0.3) is 27.6 Å². The molecule has 0 saturated carbocycles. The second kappa shape index (κ2) is 15.6. The van der Waals surface area contributed by atoms with E-state index in [2.05, 4.69) is 248 Å². The molecule has 0 unspecified atom stereocenters. The maximum absolute atomic E-state index is 6.95. The summed E-state index contributed by atoms with van der Waals surface area (Å²) in [7, 11) is 0. The fraction of sp³-hybridized carbons (Fsp3) is 0.259. The molecule has 1 aliphatic heterocycles. The van der Waals surface area contributed by atoms with Crippen LogP contribution in [0.2, 0.25) is 0 Å². The number of aromatic nitrogens is 2. The van der Waals surface area contributed by atoms with Gasteiger partial charge >= 0.3 is 0 Å². The molecule has 0 saturated heterocycles. The average Bonchev–Trinajstić information content (AvgIpc) is 3.90. The van der Waals surface area contributed by atoms with Crippen LogP contribution in [-0.2, 0) is 21.7 Å². The molecule has 9 rings (SSSR count). The monoisotopic (exact) mass is 828 g/mol. The van der Waals surface area contributed by atoms with E-state index in [1.54, 1.807) is 0 Å². The number of pyridine rings is 1. The first-order chi connectivity index (χ1) is 30.0. The second-order valence-electron chi connectivity index (χ2n) is 20.4. The zero-order valence-corrected chi connectivity index (χ0v) is 38.6. The summed E-state index contributed by atoms with van der Waals surface area (Å²) in [6, 6.07) is 55.0. The smallest absolute Gasteiger partial charge is 0.137 e. The number of benzene rings is 6. The van der Waals surface area contributed by atoms with E-state index >= 15 is 0 Å². The first-order valence-electron chi connectivity index (χ1n) is 22.3. The van der Waals surface area contributed by atoms with Gasteiger partial charge in [-0.3, -0.25) is 4.57 Å². The summed E-state index contributed by atoms with van der Waals surface area (Å²) in [5, 5.41) is 2.34. The Kier molecular flexibility index (Phi) is 10.4. The van der Waals surface area contributed by atoms with Crippen molar-refractivity contribution in [3.8, 4) is 17.3 Å². The van der Waals surface area contributed by atoms with E-state index in [1.807, 2.05) is 6.20 Å². The van der Waals surface area contributed by atoms with Gasteiger partial charge < -0.3 is 14.5 Å². The Hall–Kier alpha value is -6.59.